The number of aromatic nitrogens is 2. The van der Waals surface area contributed by atoms with Gasteiger partial charge in [0.1, 0.15) is 5.15 Å². The van der Waals surface area contributed by atoms with Crippen molar-refractivity contribution in [3.05, 3.63) is 52.3 Å². The molecule has 2 aromatic rings. The first-order valence-electron chi connectivity index (χ1n) is 7.86. The van der Waals surface area contributed by atoms with Crippen molar-refractivity contribution in [1.29, 1.82) is 0 Å². The maximum atomic E-state index is 6.40. The number of halogens is 1. The van der Waals surface area contributed by atoms with Crippen LogP contribution in [-0.2, 0) is 19.5 Å². The van der Waals surface area contributed by atoms with Gasteiger partial charge >= 0.3 is 0 Å². The molecule has 114 valence electrons. The molecule has 1 N–H and O–H groups in total. The van der Waals surface area contributed by atoms with E-state index in [1.807, 2.05) is 6.07 Å². The van der Waals surface area contributed by atoms with Gasteiger partial charge in [0, 0.05) is 37.7 Å². The minimum Gasteiger partial charge on any atom is -0.351 e. The molecule has 0 amide bonds. The van der Waals surface area contributed by atoms with Crippen LogP contribution in [0.3, 0.4) is 0 Å². The second kappa shape index (κ2) is 5.86. The highest BCUT2D eigenvalue weighted by Gasteiger charge is 2.25. The molecule has 2 heterocycles. The predicted molar refractivity (Wildman–Crippen MR) is 87.9 cm³/mol. The average Bonchev–Trinajstić information content (AvgIpc) is 3.33. The minimum atomic E-state index is 0.548. The van der Waals surface area contributed by atoms with E-state index >= 15 is 0 Å². The van der Waals surface area contributed by atoms with Crippen molar-refractivity contribution in [2.45, 2.75) is 38.4 Å². The van der Waals surface area contributed by atoms with E-state index in [1.165, 1.54) is 18.4 Å². The number of anilines is 1. The van der Waals surface area contributed by atoms with Crippen LogP contribution in [0.2, 0.25) is 5.15 Å². The van der Waals surface area contributed by atoms with Gasteiger partial charge in [-0.25, -0.2) is 9.97 Å². The molecule has 1 aromatic heterocycles. The zero-order valence-corrected chi connectivity index (χ0v) is 13.2. The number of nitrogens with one attached hydrogen (secondary N) is 1. The first kappa shape index (κ1) is 14.0. The van der Waals surface area contributed by atoms with Crippen molar-refractivity contribution in [2.75, 3.05) is 11.9 Å². The van der Waals surface area contributed by atoms with Gasteiger partial charge in [0.25, 0.3) is 0 Å². The van der Waals surface area contributed by atoms with E-state index in [0.29, 0.717) is 17.1 Å². The highest BCUT2D eigenvalue weighted by Crippen LogP contribution is 2.28. The van der Waals surface area contributed by atoms with Crippen LogP contribution in [0.5, 0.6) is 0 Å². The molecule has 2 aliphatic rings. The van der Waals surface area contributed by atoms with E-state index in [2.05, 4.69) is 44.5 Å². The van der Waals surface area contributed by atoms with Gasteiger partial charge in [-0.3, -0.25) is 4.90 Å². The molecule has 1 aromatic carbocycles. The van der Waals surface area contributed by atoms with Gasteiger partial charge in [-0.15, -0.1) is 0 Å². The number of hydrogen-bond acceptors (Lipinski definition) is 4. The SMILES string of the molecule is Clc1nc(NC2CC2)nc2c1CN(Cc1ccccc1)CC2. The van der Waals surface area contributed by atoms with E-state index in [-0.39, 0.29) is 0 Å². The summed E-state index contributed by atoms with van der Waals surface area (Å²) in [4.78, 5) is 11.5. The summed E-state index contributed by atoms with van der Waals surface area (Å²) in [5.74, 6) is 0.697. The highest BCUT2D eigenvalue weighted by molar-refractivity contribution is 6.30. The lowest BCUT2D eigenvalue weighted by Gasteiger charge is -2.28. The van der Waals surface area contributed by atoms with Crippen molar-refractivity contribution in [3.8, 4) is 0 Å². The van der Waals surface area contributed by atoms with Gasteiger partial charge in [-0.05, 0) is 18.4 Å². The number of hydrogen-bond donors (Lipinski definition) is 1. The van der Waals surface area contributed by atoms with Crippen LogP contribution in [-0.4, -0.2) is 27.5 Å². The van der Waals surface area contributed by atoms with Gasteiger partial charge in [0.15, 0.2) is 0 Å². The Morgan fingerprint density at radius 1 is 1.18 bits per heavy atom. The monoisotopic (exact) mass is 314 g/mol. The van der Waals surface area contributed by atoms with Crippen LogP contribution in [0.25, 0.3) is 0 Å². The smallest absolute Gasteiger partial charge is 0.224 e. The van der Waals surface area contributed by atoms with Crippen molar-refractivity contribution in [2.24, 2.45) is 0 Å². The summed E-state index contributed by atoms with van der Waals surface area (Å²) in [6.07, 6.45) is 3.36. The van der Waals surface area contributed by atoms with Crippen molar-refractivity contribution >= 4 is 17.5 Å². The second-order valence-electron chi connectivity index (χ2n) is 6.13. The molecule has 0 unspecified atom stereocenters. The summed E-state index contributed by atoms with van der Waals surface area (Å²) in [7, 11) is 0. The Labute approximate surface area is 135 Å². The fourth-order valence-corrected chi connectivity index (χ4v) is 3.13. The van der Waals surface area contributed by atoms with E-state index in [1.54, 1.807) is 0 Å². The van der Waals surface area contributed by atoms with E-state index in [9.17, 15) is 0 Å². The molecule has 1 fully saturated rings. The maximum absolute atomic E-state index is 6.40. The minimum absolute atomic E-state index is 0.548. The van der Waals surface area contributed by atoms with Crippen LogP contribution in [0.4, 0.5) is 5.95 Å². The second-order valence-corrected chi connectivity index (χ2v) is 6.49. The fourth-order valence-electron chi connectivity index (χ4n) is 2.88. The first-order chi connectivity index (χ1) is 10.8. The molecule has 4 nitrogen and oxygen atoms in total. The van der Waals surface area contributed by atoms with Crippen LogP contribution < -0.4 is 5.32 Å². The lowest BCUT2D eigenvalue weighted by atomic mass is 10.1. The molecule has 0 spiro atoms. The molecule has 0 atom stereocenters. The van der Waals surface area contributed by atoms with E-state index in [0.717, 1.165) is 37.3 Å². The number of rotatable bonds is 4. The summed E-state index contributed by atoms with van der Waals surface area (Å²) in [6.45, 7) is 2.78. The van der Waals surface area contributed by atoms with Crippen LogP contribution in [0.1, 0.15) is 29.7 Å². The maximum Gasteiger partial charge on any atom is 0.224 e. The number of benzene rings is 1. The zero-order valence-electron chi connectivity index (χ0n) is 12.4. The van der Waals surface area contributed by atoms with Gasteiger partial charge < -0.3 is 5.32 Å². The summed E-state index contributed by atoms with van der Waals surface area (Å²) < 4.78 is 0. The Morgan fingerprint density at radius 3 is 2.77 bits per heavy atom. The quantitative estimate of drug-likeness (QED) is 0.879. The third kappa shape index (κ3) is 3.08. The summed E-state index contributed by atoms with van der Waals surface area (Å²) in [5, 5.41) is 3.94. The van der Waals surface area contributed by atoms with Crippen molar-refractivity contribution in [1.82, 2.24) is 14.9 Å². The van der Waals surface area contributed by atoms with Gasteiger partial charge in [-0.1, -0.05) is 41.9 Å². The standard InChI is InChI=1S/C17H19ClN4/c18-16-14-11-22(10-12-4-2-1-3-5-12)9-8-15(14)20-17(21-16)19-13-6-7-13/h1-5,13H,6-11H2,(H,19,20,21). The molecular formula is C17H19ClN4. The molecule has 0 saturated heterocycles. The van der Waals surface area contributed by atoms with Crippen LogP contribution >= 0.6 is 11.6 Å². The normalized spacial score (nSPS) is 18.0. The molecule has 4 rings (SSSR count). The molecule has 5 heteroatoms. The summed E-state index contributed by atoms with van der Waals surface area (Å²) >= 11 is 6.40. The molecule has 0 radical (unpaired) electrons. The van der Waals surface area contributed by atoms with Gasteiger partial charge in [0.05, 0.1) is 5.69 Å². The Hall–Kier alpha value is -1.65. The fraction of sp³-hybridized carbons (Fsp3) is 0.412. The van der Waals surface area contributed by atoms with E-state index < -0.39 is 0 Å². The molecule has 22 heavy (non-hydrogen) atoms. The van der Waals surface area contributed by atoms with Crippen LogP contribution in [0, 0.1) is 0 Å². The summed E-state index contributed by atoms with van der Waals surface area (Å²) in [6, 6.07) is 11.1. The predicted octanol–water partition coefficient (Wildman–Crippen LogP) is 3.26. The Balaban J connectivity index is 1.50. The lowest BCUT2D eigenvalue weighted by molar-refractivity contribution is 0.243. The Bertz CT molecular complexity index is 670. The van der Waals surface area contributed by atoms with Crippen LogP contribution in [0.15, 0.2) is 30.3 Å². The van der Waals surface area contributed by atoms with E-state index in [4.69, 9.17) is 11.6 Å². The third-order valence-corrected chi connectivity index (χ3v) is 4.56. The molecule has 1 aliphatic heterocycles. The molecule has 1 saturated carbocycles. The zero-order chi connectivity index (χ0) is 14.9. The van der Waals surface area contributed by atoms with Crippen molar-refractivity contribution in [3.63, 3.8) is 0 Å². The van der Waals surface area contributed by atoms with Gasteiger partial charge in [0.2, 0.25) is 5.95 Å². The lowest BCUT2D eigenvalue weighted by Crippen LogP contribution is -2.31. The average molecular weight is 315 g/mol. The largest absolute Gasteiger partial charge is 0.351 e. The topological polar surface area (TPSA) is 41.1 Å². The van der Waals surface area contributed by atoms with Crippen molar-refractivity contribution < 1.29 is 0 Å². The molecule has 1 aliphatic carbocycles. The molecule has 0 bridgehead atoms. The number of fused-ring (bicyclic) bond motifs is 1. The van der Waals surface area contributed by atoms with Gasteiger partial charge in [-0.2, -0.15) is 0 Å². The Morgan fingerprint density at radius 2 is 2.00 bits per heavy atom. The Kier molecular flexibility index (Phi) is 3.72. The highest BCUT2D eigenvalue weighted by atomic mass is 35.5. The summed E-state index contributed by atoms with van der Waals surface area (Å²) in [5.41, 5.74) is 3.52. The first-order valence-corrected chi connectivity index (χ1v) is 8.24. The number of nitrogens with zero attached hydrogens (tertiary/aromatic N) is 3. The third-order valence-electron chi connectivity index (χ3n) is 4.25. The molecular weight excluding hydrogens is 296 g/mol.